The van der Waals surface area contributed by atoms with Crippen LogP contribution in [0.25, 0.3) is 0 Å². The van der Waals surface area contributed by atoms with E-state index in [0.29, 0.717) is 17.9 Å². The standard InChI is InChI=1S/C19H19N3O3/c1-12-8-13(2)10-15(9-12)18(23)20-19-22-21-17(25-19)11-14-4-6-16(24-3)7-5-14/h4-10H,11H2,1-3H3,(H,20,22,23). The van der Waals surface area contributed by atoms with Crippen molar-refractivity contribution >= 4 is 11.9 Å². The number of rotatable bonds is 5. The van der Waals surface area contributed by atoms with Crippen LogP contribution in [-0.2, 0) is 6.42 Å². The molecule has 6 heteroatoms. The minimum atomic E-state index is -0.272. The molecule has 0 saturated heterocycles. The summed E-state index contributed by atoms with van der Waals surface area (Å²) < 4.78 is 10.6. The fourth-order valence-corrected chi connectivity index (χ4v) is 2.57. The predicted octanol–water partition coefficient (Wildman–Crippen LogP) is 3.54. The molecule has 0 spiro atoms. The molecule has 0 unspecified atom stereocenters. The van der Waals surface area contributed by atoms with E-state index in [-0.39, 0.29) is 11.9 Å². The molecule has 0 saturated carbocycles. The summed E-state index contributed by atoms with van der Waals surface area (Å²) in [5, 5.41) is 10.5. The van der Waals surface area contributed by atoms with Gasteiger partial charge >= 0.3 is 6.01 Å². The molecule has 25 heavy (non-hydrogen) atoms. The van der Waals surface area contributed by atoms with Crippen molar-refractivity contribution in [2.24, 2.45) is 0 Å². The van der Waals surface area contributed by atoms with Gasteiger partial charge in [0.05, 0.1) is 13.5 Å². The normalized spacial score (nSPS) is 10.5. The number of amides is 1. The minimum absolute atomic E-state index is 0.0904. The van der Waals surface area contributed by atoms with Gasteiger partial charge in [-0.05, 0) is 43.7 Å². The van der Waals surface area contributed by atoms with Gasteiger partial charge in [-0.2, -0.15) is 0 Å². The maximum atomic E-state index is 12.3. The fourth-order valence-electron chi connectivity index (χ4n) is 2.57. The maximum absolute atomic E-state index is 12.3. The van der Waals surface area contributed by atoms with Crippen LogP contribution in [0.3, 0.4) is 0 Å². The van der Waals surface area contributed by atoms with E-state index in [9.17, 15) is 4.79 Å². The molecule has 3 rings (SSSR count). The third-order valence-corrected chi connectivity index (χ3v) is 3.69. The van der Waals surface area contributed by atoms with Gasteiger partial charge in [-0.1, -0.05) is 34.4 Å². The molecule has 1 amide bonds. The summed E-state index contributed by atoms with van der Waals surface area (Å²) in [4.78, 5) is 12.3. The highest BCUT2D eigenvalue weighted by atomic mass is 16.5. The molecule has 2 aromatic carbocycles. The summed E-state index contributed by atoms with van der Waals surface area (Å²) in [5.74, 6) is 0.947. The van der Waals surface area contributed by atoms with Gasteiger partial charge < -0.3 is 9.15 Å². The van der Waals surface area contributed by atoms with E-state index in [1.807, 2.05) is 56.3 Å². The number of aryl methyl sites for hydroxylation is 2. The smallest absolute Gasteiger partial charge is 0.322 e. The van der Waals surface area contributed by atoms with E-state index >= 15 is 0 Å². The zero-order valence-electron chi connectivity index (χ0n) is 14.4. The highest BCUT2D eigenvalue weighted by Crippen LogP contribution is 2.16. The molecule has 0 bridgehead atoms. The molecule has 1 aromatic heterocycles. The van der Waals surface area contributed by atoms with Gasteiger partial charge in [0.1, 0.15) is 5.75 Å². The van der Waals surface area contributed by atoms with Crippen LogP contribution in [0.1, 0.15) is 32.9 Å². The Bertz CT molecular complexity index is 865. The third kappa shape index (κ3) is 4.23. The van der Waals surface area contributed by atoms with Crippen LogP contribution >= 0.6 is 0 Å². The van der Waals surface area contributed by atoms with Crippen molar-refractivity contribution in [1.29, 1.82) is 0 Å². The molecule has 0 fully saturated rings. The topological polar surface area (TPSA) is 77.3 Å². The molecule has 6 nitrogen and oxygen atoms in total. The molecule has 0 radical (unpaired) electrons. The Balaban J connectivity index is 1.67. The summed E-state index contributed by atoms with van der Waals surface area (Å²) >= 11 is 0. The Morgan fingerprint density at radius 1 is 1.08 bits per heavy atom. The molecule has 1 N–H and O–H groups in total. The highest BCUT2D eigenvalue weighted by molar-refractivity contribution is 6.03. The van der Waals surface area contributed by atoms with Crippen LogP contribution < -0.4 is 10.1 Å². The van der Waals surface area contributed by atoms with Crippen molar-refractivity contribution < 1.29 is 13.9 Å². The average molecular weight is 337 g/mol. The van der Waals surface area contributed by atoms with Crippen molar-refractivity contribution in [2.75, 3.05) is 12.4 Å². The summed E-state index contributed by atoms with van der Waals surface area (Å²) in [6.07, 6.45) is 0.483. The number of ether oxygens (including phenoxy) is 1. The van der Waals surface area contributed by atoms with Gasteiger partial charge in [-0.3, -0.25) is 10.1 Å². The predicted molar refractivity (Wildman–Crippen MR) is 94.0 cm³/mol. The zero-order chi connectivity index (χ0) is 17.8. The molecule has 3 aromatic rings. The lowest BCUT2D eigenvalue weighted by Crippen LogP contribution is -2.12. The van der Waals surface area contributed by atoms with Crippen molar-refractivity contribution in [3.63, 3.8) is 0 Å². The van der Waals surface area contributed by atoms with Crippen molar-refractivity contribution in [3.8, 4) is 5.75 Å². The van der Waals surface area contributed by atoms with Gasteiger partial charge in [0.15, 0.2) is 0 Å². The zero-order valence-corrected chi connectivity index (χ0v) is 14.4. The highest BCUT2D eigenvalue weighted by Gasteiger charge is 2.12. The van der Waals surface area contributed by atoms with Gasteiger partial charge in [0, 0.05) is 5.56 Å². The first-order valence-electron chi connectivity index (χ1n) is 7.88. The van der Waals surface area contributed by atoms with Crippen LogP contribution in [0.15, 0.2) is 46.9 Å². The monoisotopic (exact) mass is 337 g/mol. The molecular weight excluding hydrogens is 318 g/mol. The second-order valence-electron chi connectivity index (χ2n) is 5.86. The first-order chi connectivity index (χ1) is 12.0. The fraction of sp³-hybridized carbons (Fsp3) is 0.211. The molecule has 0 aliphatic rings. The number of carbonyl (C=O) groups is 1. The van der Waals surface area contributed by atoms with E-state index in [4.69, 9.17) is 9.15 Å². The number of nitrogens with one attached hydrogen (secondary N) is 1. The lowest BCUT2D eigenvalue weighted by molar-refractivity contribution is 0.102. The Labute approximate surface area is 145 Å². The number of aromatic nitrogens is 2. The van der Waals surface area contributed by atoms with Crippen molar-refractivity contribution in [2.45, 2.75) is 20.3 Å². The van der Waals surface area contributed by atoms with E-state index in [1.165, 1.54) is 0 Å². The summed E-state index contributed by atoms with van der Waals surface area (Å²) in [6, 6.07) is 13.3. The number of anilines is 1. The van der Waals surface area contributed by atoms with E-state index in [0.717, 1.165) is 22.4 Å². The Hall–Kier alpha value is -3.15. The van der Waals surface area contributed by atoms with Gasteiger partial charge in [0.25, 0.3) is 5.91 Å². The number of hydrogen-bond acceptors (Lipinski definition) is 5. The maximum Gasteiger partial charge on any atom is 0.322 e. The Kier molecular flexibility index (Phi) is 4.79. The second kappa shape index (κ2) is 7.17. The number of hydrogen-bond donors (Lipinski definition) is 1. The Morgan fingerprint density at radius 2 is 1.76 bits per heavy atom. The number of benzene rings is 2. The minimum Gasteiger partial charge on any atom is -0.497 e. The summed E-state index contributed by atoms with van der Waals surface area (Å²) in [6.45, 7) is 3.90. The molecule has 128 valence electrons. The molecule has 0 atom stereocenters. The Morgan fingerprint density at radius 3 is 2.40 bits per heavy atom. The molecule has 0 aliphatic heterocycles. The first kappa shape index (κ1) is 16.7. The van der Waals surface area contributed by atoms with Crippen LogP contribution in [-0.4, -0.2) is 23.2 Å². The van der Waals surface area contributed by atoms with Crippen molar-refractivity contribution in [1.82, 2.24) is 10.2 Å². The van der Waals surface area contributed by atoms with E-state index in [2.05, 4.69) is 15.5 Å². The molecule has 1 heterocycles. The van der Waals surface area contributed by atoms with Crippen LogP contribution in [0.2, 0.25) is 0 Å². The molecular formula is C19H19N3O3. The summed E-state index contributed by atoms with van der Waals surface area (Å²) in [5.41, 5.74) is 3.62. The number of methoxy groups -OCH3 is 1. The van der Waals surface area contributed by atoms with Crippen LogP contribution in [0.4, 0.5) is 6.01 Å². The summed E-state index contributed by atoms with van der Waals surface area (Å²) in [7, 11) is 1.62. The largest absolute Gasteiger partial charge is 0.497 e. The third-order valence-electron chi connectivity index (χ3n) is 3.69. The van der Waals surface area contributed by atoms with Crippen molar-refractivity contribution in [3.05, 3.63) is 70.6 Å². The lowest BCUT2D eigenvalue weighted by Gasteiger charge is -2.04. The lowest BCUT2D eigenvalue weighted by atomic mass is 10.1. The van der Waals surface area contributed by atoms with Gasteiger partial charge in [-0.25, -0.2) is 0 Å². The molecule has 0 aliphatic carbocycles. The SMILES string of the molecule is COc1ccc(Cc2nnc(NC(=O)c3cc(C)cc(C)c3)o2)cc1. The quantitative estimate of drug-likeness (QED) is 0.770. The van der Waals surface area contributed by atoms with E-state index in [1.54, 1.807) is 7.11 Å². The first-order valence-corrected chi connectivity index (χ1v) is 7.88. The van der Waals surface area contributed by atoms with Gasteiger partial charge in [-0.15, -0.1) is 5.10 Å². The van der Waals surface area contributed by atoms with Crippen LogP contribution in [0, 0.1) is 13.8 Å². The van der Waals surface area contributed by atoms with E-state index < -0.39 is 0 Å². The number of carbonyl (C=O) groups excluding carboxylic acids is 1. The second-order valence-corrected chi connectivity index (χ2v) is 5.86. The van der Waals surface area contributed by atoms with Crippen LogP contribution in [0.5, 0.6) is 5.75 Å². The van der Waals surface area contributed by atoms with Gasteiger partial charge in [0.2, 0.25) is 5.89 Å². The number of nitrogens with zero attached hydrogens (tertiary/aromatic N) is 2. The average Bonchev–Trinajstić information content (AvgIpc) is 3.01.